The molecule has 1 aromatic heterocycles. The Hall–Kier alpha value is -2.51. The van der Waals surface area contributed by atoms with Crippen LogP contribution in [-0.4, -0.2) is 29.2 Å². The van der Waals surface area contributed by atoms with E-state index in [2.05, 4.69) is 9.97 Å². The lowest BCUT2D eigenvalue weighted by Crippen LogP contribution is -2.26. The second kappa shape index (κ2) is 8.02. The van der Waals surface area contributed by atoms with Crippen LogP contribution in [0.2, 0.25) is 0 Å². The van der Waals surface area contributed by atoms with Gasteiger partial charge in [0.1, 0.15) is 16.9 Å². The van der Waals surface area contributed by atoms with Gasteiger partial charge in [0, 0.05) is 18.9 Å². The fourth-order valence-electron chi connectivity index (χ4n) is 2.24. The normalized spacial score (nSPS) is 12.0. The van der Waals surface area contributed by atoms with E-state index in [0.717, 1.165) is 12.6 Å². The highest BCUT2D eigenvalue weighted by atomic mass is 19.4. The fourth-order valence-corrected chi connectivity index (χ4v) is 2.24. The van der Waals surface area contributed by atoms with Gasteiger partial charge in [0.05, 0.1) is 6.61 Å². The van der Waals surface area contributed by atoms with Gasteiger partial charge in [-0.2, -0.15) is 18.2 Å². The second-order valence-corrected chi connectivity index (χ2v) is 7.00. The highest BCUT2D eigenvalue weighted by Gasteiger charge is 2.37. The molecule has 2 rings (SSSR count). The first-order chi connectivity index (χ1) is 12.5. The molecule has 0 amide bonds. The number of aromatic nitrogens is 2. The lowest BCUT2D eigenvalue weighted by Gasteiger charge is -2.24. The zero-order valence-corrected chi connectivity index (χ0v) is 16.1. The van der Waals surface area contributed by atoms with Crippen molar-refractivity contribution >= 4 is 11.5 Å². The molecule has 0 bridgehead atoms. The predicted octanol–water partition coefficient (Wildman–Crippen LogP) is 5.23. The van der Waals surface area contributed by atoms with E-state index in [1.807, 2.05) is 6.92 Å². The smallest absolute Gasteiger partial charge is 0.421 e. The van der Waals surface area contributed by atoms with Crippen molar-refractivity contribution in [3.63, 3.8) is 0 Å². The molecule has 0 saturated heterocycles. The van der Waals surface area contributed by atoms with Crippen molar-refractivity contribution in [2.24, 2.45) is 0 Å². The second-order valence-electron chi connectivity index (χ2n) is 7.00. The van der Waals surface area contributed by atoms with E-state index < -0.39 is 17.3 Å². The molecule has 5 nitrogen and oxygen atoms in total. The Morgan fingerprint density at radius 2 is 1.70 bits per heavy atom. The molecule has 0 N–H and O–H groups in total. The average molecular weight is 383 g/mol. The highest BCUT2D eigenvalue weighted by Crippen LogP contribution is 2.38. The minimum atomic E-state index is -4.59. The molecule has 1 heterocycles. The first-order valence-corrected chi connectivity index (χ1v) is 8.61. The predicted molar refractivity (Wildman–Crippen MR) is 97.7 cm³/mol. The Morgan fingerprint density at radius 3 is 2.22 bits per heavy atom. The van der Waals surface area contributed by atoms with Crippen molar-refractivity contribution in [3.05, 3.63) is 36.0 Å². The Labute approximate surface area is 157 Å². The maximum atomic E-state index is 13.4. The number of alkyl halides is 3. The summed E-state index contributed by atoms with van der Waals surface area (Å²) in [6.45, 7) is 7.88. The average Bonchev–Trinajstić information content (AvgIpc) is 2.57. The first-order valence-electron chi connectivity index (χ1n) is 8.61. The summed E-state index contributed by atoms with van der Waals surface area (Å²) in [5.41, 5.74) is -1.03. The molecule has 0 saturated carbocycles. The van der Waals surface area contributed by atoms with Crippen LogP contribution in [0, 0.1) is 0 Å². The van der Waals surface area contributed by atoms with Gasteiger partial charge in [-0.3, -0.25) is 0 Å². The number of hydrogen-bond donors (Lipinski definition) is 0. The molecule has 27 heavy (non-hydrogen) atoms. The maximum absolute atomic E-state index is 13.4. The van der Waals surface area contributed by atoms with E-state index in [1.54, 1.807) is 45.0 Å². The maximum Gasteiger partial charge on any atom is 0.421 e. The quantitative estimate of drug-likeness (QED) is 0.684. The molecule has 0 aliphatic carbocycles. The number of anilines is 2. The van der Waals surface area contributed by atoms with Crippen LogP contribution in [0.25, 0.3) is 0 Å². The van der Waals surface area contributed by atoms with E-state index in [0.29, 0.717) is 18.0 Å². The van der Waals surface area contributed by atoms with E-state index in [-0.39, 0.29) is 11.8 Å². The van der Waals surface area contributed by atoms with Gasteiger partial charge in [-0.05, 0) is 51.5 Å². The van der Waals surface area contributed by atoms with Gasteiger partial charge < -0.3 is 14.4 Å². The number of halogens is 3. The van der Waals surface area contributed by atoms with Crippen molar-refractivity contribution in [3.8, 4) is 11.8 Å². The molecule has 0 atom stereocenters. The zero-order valence-electron chi connectivity index (χ0n) is 16.1. The summed E-state index contributed by atoms with van der Waals surface area (Å²) in [5, 5.41) is 0. The summed E-state index contributed by atoms with van der Waals surface area (Å²) in [4.78, 5) is 9.08. The third kappa shape index (κ3) is 5.74. The summed E-state index contributed by atoms with van der Waals surface area (Å²) in [6.07, 6.45) is -2.97. The number of benzene rings is 1. The van der Waals surface area contributed by atoms with Gasteiger partial charge >= 0.3 is 12.2 Å². The molecule has 148 valence electrons. The van der Waals surface area contributed by atoms with Crippen molar-refractivity contribution in [1.29, 1.82) is 0 Å². The molecular formula is C19H24F3N3O2. The number of ether oxygens (including phenoxy) is 2. The van der Waals surface area contributed by atoms with Gasteiger partial charge in [0.25, 0.3) is 0 Å². The molecular weight excluding hydrogens is 359 g/mol. The number of nitrogens with zero attached hydrogens (tertiary/aromatic N) is 3. The summed E-state index contributed by atoms with van der Waals surface area (Å²) >= 11 is 0. The summed E-state index contributed by atoms with van der Waals surface area (Å²) in [7, 11) is 1.51. The van der Waals surface area contributed by atoms with Crippen LogP contribution in [0.5, 0.6) is 11.8 Å². The van der Waals surface area contributed by atoms with E-state index >= 15 is 0 Å². The monoisotopic (exact) mass is 383 g/mol. The molecule has 0 aliphatic heterocycles. The highest BCUT2D eigenvalue weighted by molar-refractivity contribution is 5.63. The van der Waals surface area contributed by atoms with Crippen LogP contribution < -0.4 is 14.4 Å². The SMILES string of the molecule is CCCOc1ccc(N(C)c2nc(OC(C)(C)C)ncc2C(F)(F)F)cc1. The number of hydrogen-bond acceptors (Lipinski definition) is 5. The third-order valence-electron chi connectivity index (χ3n) is 3.46. The van der Waals surface area contributed by atoms with E-state index in [1.165, 1.54) is 11.9 Å². The van der Waals surface area contributed by atoms with Gasteiger partial charge in [-0.25, -0.2) is 4.98 Å². The number of rotatable bonds is 6. The molecule has 0 radical (unpaired) electrons. The summed E-state index contributed by atoms with van der Waals surface area (Å²) in [5.74, 6) is 0.378. The minimum Gasteiger partial charge on any atom is -0.494 e. The Bertz CT molecular complexity index is 756. The lowest BCUT2D eigenvalue weighted by molar-refractivity contribution is -0.137. The first kappa shape index (κ1) is 20.8. The molecule has 2 aromatic rings. The Balaban J connectivity index is 2.39. The lowest BCUT2D eigenvalue weighted by atomic mass is 10.2. The van der Waals surface area contributed by atoms with Crippen molar-refractivity contribution < 1.29 is 22.6 Å². The molecule has 0 fully saturated rings. The van der Waals surface area contributed by atoms with Crippen molar-refractivity contribution in [2.75, 3.05) is 18.6 Å². The Morgan fingerprint density at radius 1 is 1.07 bits per heavy atom. The van der Waals surface area contributed by atoms with Gasteiger partial charge in [0.2, 0.25) is 0 Å². The van der Waals surface area contributed by atoms with Crippen LogP contribution in [0.4, 0.5) is 24.7 Å². The van der Waals surface area contributed by atoms with Crippen LogP contribution in [0.1, 0.15) is 39.7 Å². The molecule has 0 aliphatic rings. The summed E-state index contributed by atoms with van der Waals surface area (Å²) in [6, 6.07) is 6.67. The van der Waals surface area contributed by atoms with Crippen LogP contribution in [-0.2, 0) is 6.18 Å². The molecule has 0 unspecified atom stereocenters. The Kier molecular flexibility index (Phi) is 6.18. The fraction of sp³-hybridized carbons (Fsp3) is 0.474. The molecule has 1 aromatic carbocycles. The van der Waals surface area contributed by atoms with Gasteiger partial charge in [-0.15, -0.1) is 0 Å². The van der Waals surface area contributed by atoms with Crippen molar-refractivity contribution in [1.82, 2.24) is 9.97 Å². The summed E-state index contributed by atoms with van der Waals surface area (Å²) < 4.78 is 51.3. The van der Waals surface area contributed by atoms with Crippen LogP contribution in [0.3, 0.4) is 0 Å². The van der Waals surface area contributed by atoms with E-state index in [9.17, 15) is 13.2 Å². The topological polar surface area (TPSA) is 47.5 Å². The van der Waals surface area contributed by atoms with Crippen molar-refractivity contribution in [2.45, 2.75) is 45.9 Å². The standard InChI is InChI=1S/C19H24F3N3O2/c1-6-11-26-14-9-7-13(8-10-14)25(5)16-15(19(20,21)22)12-23-17(24-16)27-18(2,3)4/h7-10,12H,6,11H2,1-5H3. The third-order valence-corrected chi connectivity index (χ3v) is 3.46. The van der Waals surface area contributed by atoms with Gasteiger partial charge in [-0.1, -0.05) is 6.92 Å². The van der Waals surface area contributed by atoms with Crippen LogP contribution >= 0.6 is 0 Å². The van der Waals surface area contributed by atoms with Gasteiger partial charge in [0.15, 0.2) is 5.82 Å². The van der Waals surface area contributed by atoms with Crippen LogP contribution in [0.15, 0.2) is 30.5 Å². The van der Waals surface area contributed by atoms with E-state index in [4.69, 9.17) is 9.47 Å². The largest absolute Gasteiger partial charge is 0.494 e. The zero-order chi connectivity index (χ0) is 20.2. The molecule has 0 spiro atoms. The minimum absolute atomic E-state index is 0.111. The molecule has 8 heteroatoms.